The van der Waals surface area contributed by atoms with Crippen molar-refractivity contribution in [3.63, 3.8) is 0 Å². The van der Waals surface area contributed by atoms with Crippen molar-refractivity contribution in [2.75, 3.05) is 6.61 Å². The van der Waals surface area contributed by atoms with Crippen LogP contribution in [0.4, 0.5) is 0 Å². The Labute approximate surface area is 143 Å². The van der Waals surface area contributed by atoms with Crippen molar-refractivity contribution in [1.82, 2.24) is 4.98 Å². The van der Waals surface area contributed by atoms with Gasteiger partial charge in [0.15, 0.2) is 5.78 Å². The van der Waals surface area contributed by atoms with Crippen LogP contribution >= 0.6 is 23.1 Å². The smallest absolute Gasteiger partial charge is 0.186 e. The van der Waals surface area contributed by atoms with Gasteiger partial charge in [-0.2, -0.15) is 0 Å². The van der Waals surface area contributed by atoms with Gasteiger partial charge in [-0.05, 0) is 30.2 Å². The van der Waals surface area contributed by atoms with Gasteiger partial charge < -0.3 is 4.74 Å². The molecule has 3 rings (SSSR count). The Kier molecular flexibility index (Phi) is 4.93. The Hall–Kier alpha value is -1.92. The highest BCUT2D eigenvalue weighted by molar-refractivity contribution is 8.19. The fraction of sp³-hybridized carbons (Fsp3) is 0.235. The minimum Gasteiger partial charge on any atom is -0.494 e. The van der Waals surface area contributed by atoms with Crippen LogP contribution in [-0.4, -0.2) is 22.4 Å². The molecule has 1 aromatic carbocycles. The van der Waals surface area contributed by atoms with Crippen molar-refractivity contribution in [2.45, 2.75) is 19.3 Å². The highest BCUT2D eigenvalue weighted by Gasteiger charge is 2.38. The van der Waals surface area contributed by atoms with E-state index in [1.165, 1.54) is 23.1 Å². The minimum absolute atomic E-state index is 0.0405. The second-order valence-electron chi connectivity index (χ2n) is 5.06. The number of hydrogen-bond acceptors (Lipinski definition) is 6. The summed E-state index contributed by atoms with van der Waals surface area (Å²) in [6.07, 6.45) is 4.47. The molecule has 1 aromatic heterocycles. The van der Waals surface area contributed by atoms with Crippen LogP contribution in [0, 0.1) is 5.41 Å². The molecular formula is C17H16N2O2S2. The predicted octanol–water partition coefficient (Wildman–Crippen LogP) is 4.35. The van der Waals surface area contributed by atoms with Crippen LogP contribution < -0.4 is 4.74 Å². The maximum atomic E-state index is 12.5. The molecule has 1 fully saturated rings. The van der Waals surface area contributed by atoms with Gasteiger partial charge in [0, 0.05) is 11.6 Å². The van der Waals surface area contributed by atoms with E-state index in [0.717, 1.165) is 17.7 Å². The van der Waals surface area contributed by atoms with Crippen molar-refractivity contribution >= 4 is 40.0 Å². The first-order valence-electron chi connectivity index (χ1n) is 7.33. The van der Waals surface area contributed by atoms with E-state index in [1.807, 2.05) is 35.7 Å². The molecule has 0 amide bonds. The van der Waals surface area contributed by atoms with Gasteiger partial charge >= 0.3 is 0 Å². The highest BCUT2D eigenvalue weighted by Crippen LogP contribution is 2.41. The summed E-state index contributed by atoms with van der Waals surface area (Å²) >= 11 is 2.64. The summed E-state index contributed by atoms with van der Waals surface area (Å²) in [5.74, 6) is 0.257. The zero-order chi connectivity index (χ0) is 16.2. The summed E-state index contributed by atoms with van der Waals surface area (Å²) in [7, 11) is 0. The van der Waals surface area contributed by atoms with E-state index in [-0.39, 0.29) is 5.78 Å². The zero-order valence-corrected chi connectivity index (χ0v) is 14.2. The maximum absolute atomic E-state index is 12.5. The molecule has 1 N–H and O–H groups in total. The number of hydrogen-bond donors (Lipinski definition) is 1. The Balaban J connectivity index is 1.78. The number of allylic oxidation sites excluding steroid dienone is 1. The van der Waals surface area contributed by atoms with Gasteiger partial charge in [0.2, 0.25) is 0 Å². The highest BCUT2D eigenvalue weighted by atomic mass is 32.2. The molecule has 4 nitrogen and oxygen atoms in total. The molecule has 2 aromatic rings. The Morgan fingerprint density at radius 2 is 2.13 bits per heavy atom. The molecule has 0 saturated carbocycles. The largest absolute Gasteiger partial charge is 0.494 e. The van der Waals surface area contributed by atoms with Gasteiger partial charge in [-0.15, -0.1) is 11.3 Å². The summed E-state index contributed by atoms with van der Waals surface area (Å²) in [6.45, 7) is 2.76. The zero-order valence-electron chi connectivity index (χ0n) is 12.6. The molecule has 118 valence electrons. The SMILES string of the molecule is CCCOc1ccc(/C=C2\SC(=N)[C@H](c3nccs3)C2=O)cc1. The number of ether oxygens (including phenoxy) is 1. The molecule has 1 atom stereocenters. The number of nitrogens with one attached hydrogen (secondary N) is 1. The van der Waals surface area contributed by atoms with E-state index in [4.69, 9.17) is 10.1 Å². The predicted molar refractivity (Wildman–Crippen MR) is 95.4 cm³/mol. The van der Waals surface area contributed by atoms with Gasteiger partial charge in [-0.3, -0.25) is 10.2 Å². The number of rotatable bonds is 5. The molecule has 0 unspecified atom stereocenters. The standard InChI is InChI=1S/C17H16N2O2S2/c1-2-8-21-12-5-3-11(4-6-12)10-13-15(20)14(16(18)23-13)17-19-7-9-22-17/h3-7,9-10,14,18H,2,8H2,1H3/b13-10-,18-16?/t14-/m1/s1. The van der Waals surface area contributed by atoms with Crippen molar-refractivity contribution in [1.29, 1.82) is 5.41 Å². The first kappa shape index (κ1) is 16.0. The number of carbonyl (C=O) groups excluding carboxylic acids is 1. The molecular weight excluding hydrogens is 328 g/mol. The molecule has 0 spiro atoms. The molecule has 1 aliphatic heterocycles. The fourth-order valence-corrected chi connectivity index (χ4v) is 4.03. The van der Waals surface area contributed by atoms with Crippen molar-refractivity contribution in [3.8, 4) is 5.75 Å². The van der Waals surface area contributed by atoms with Crippen LogP contribution in [0.3, 0.4) is 0 Å². The van der Waals surface area contributed by atoms with Crippen LogP contribution in [0.5, 0.6) is 5.75 Å². The first-order chi connectivity index (χ1) is 11.2. The Morgan fingerprint density at radius 1 is 1.35 bits per heavy atom. The van der Waals surface area contributed by atoms with Crippen LogP contribution in [0.2, 0.25) is 0 Å². The average molecular weight is 344 g/mol. The number of carbonyl (C=O) groups is 1. The minimum atomic E-state index is -0.529. The number of thioether (sulfide) groups is 1. The van der Waals surface area contributed by atoms with E-state index in [9.17, 15) is 4.79 Å². The molecule has 23 heavy (non-hydrogen) atoms. The number of Topliss-reactive ketones (excluding diaryl/α,β-unsaturated/α-hetero) is 1. The van der Waals surface area contributed by atoms with Crippen molar-refractivity contribution in [3.05, 3.63) is 51.3 Å². The lowest BCUT2D eigenvalue weighted by Gasteiger charge is -2.04. The van der Waals surface area contributed by atoms with Crippen LogP contribution in [-0.2, 0) is 4.79 Å². The number of ketones is 1. The third-order valence-electron chi connectivity index (χ3n) is 3.34. The van der Waals surface area contributed by atoms with Gasteiger partial charge in [-0.1, -0.05) is 30.8 Å². The molecule has 1 saturated heterocycles. The molecule has 0 bridgehead atoms. The lowest BCUT2D eigenvalue weighted by atomic mass is 10.1. The Bertz CT molecular complexity index is 736. The molecule has 6 heteroatoms. The summed E-state index contributed by atoms with van der Waals surface area (Å²) in [4.78, 5) is 17.3. The average Bonchev–Trinajstić information content (AvgIpc) is 3.15. The number of benzene rings is 1. The van der Waals surface area contributed by atoms with Gasteiger partial charge in [0.1, 0.15) is 16.7 Å². The van der Waals surface area contributed by atoms with E-state index >= 15 is 0 Å². The third-order valence-corrected chi connectivity index (χ3v) is 5.17. The van der Waals surface area contributed by atoms with Crippen LogP contribution in [0.15, 0.2) is 40.7 Å². The van der Waals surface area contributed by atoms with E-state index in [0.29, 0.717) is 21.6 Å². The third kappa shape index (κ3) is 3.54. The molecule has 0 aliphatic carbocycles. The van der Waals surface area contributed by atoms with Gasteiger partial charge in [0.25, 0.3) is 0 Å². The number of nitrogens with zero attached hydrogens (tertiary/aromatic N) is 1. The molecule has 0 radical (unpaired) electrons. The first-order valence-corrected chi connectivity index (χ1v) is 9.03. The quantitative estimate of drug-likeness (QED) is 0.819. The van der Waals surface area contributed by atoms with Crippen molar-refractivity contribution in [2.24, 2.45) is 0 Å². The number of aromatic nitrogens is 1. The monoisotopic (exact) mass is 344 g/mol. The van der Waals surface area contributed by atoms with E-state index < -0.39 is 5.92 Å². The van der Waals surface area contributed by atoms with Gasteiger partial charge in [0.05, 0.1) is 16.6 Å². The molecule has 2 heterocycles. The van der Waals surface area contributed by atoms with E-state index in [1.54, 1.807) is 6.20 Å². The summed E-state index contributed by atoms with van der Waals surface area (Å²) in [5.41, 5.74) is 0.928. The molecule has 1 aliphatic rings. The maximum Gasteiger partial charge on any atom is 0.186 e. The second kappa shape index (κ2) is 7.10. The van der Waals surface area contributed by atoms with Gasteiger partial charge in [-0.25, -0.2) is 4.98 Å². The normalized spacial score (nSPS) is 19.5. The lowest BCUT2D eigenvalue weighted by molar-refractivity contribution is -0.114. The second-order valence-corrected chi connectivity index (χ2v) is 7.07. The lowest BCUT2D eigenvalue weighted by Crippen LogP contribution is -2.11. The van der Waals surface area contributed by atoms with Crippen LogP contribution in [0.25, 0.3) is 6.08 Å². The fourth-order valence-electron chi connectivity index (χ4n) is 2.22. The Morgan fingerprint density at radius 3 is 2.78 bits per heavy atom. The van der Waals surface area contributed by atoms with E-state index in [2.05, 4.69) is 11.9 Å². The topological polar surface area (TPSA) is 63.0 Å². The number of thiazole rings is 1. The summed E-state index contributed by atoms with van der Waals surface area (Å²) < 4.78 is 5.55. The van der Waals surface area contributed by atoms with Crippen LogP contribution in [0.1, 0.15) is 29.8 Å². The summed E-state index contributed by atoms with van der Waals surface area (Å²) in [6, 6.07) is 7.64. The van der Waals surface area contributed by atoms with Crippen molar-refractivity contribution < 1.29 is 9.53 Å². The summed E-state index contributed by atoms with van der Waals surface area (Å²) in [5, 5.41) is 10.9.